The SMILES string of the molecule is Fc1ccccc1-c1ccccc1.NS(=O)(=O)c1cc(C(=O)Cl)ccc1Cl.NS(=O)(=O)c1cc(C(=O)c2ccc(-c3ccccc3F)cc2)ccc1Cl.[Cl][Al]([Cl])[Cl]. The Balaban J connectivity index is 0.000000237. The topological polar surface area (TPSA) is 154 Å². The third-order valence-corrected chi connectivity index (χ3v) is 10.3. The second kappa shape index (κ2) is 22.1. The van der Waals surface area contributed by atoms with Crippen LogP contribution in [0.3, 0.4) is 0 Å². The number of primary sulfonamides is 2. The predicted molar refractivity (Wildman–Crippen MR) is 226 cm³/mol. The molecule has 6 aromatic rings. The highest BCUT2D eigenvalue weighted by Gasteiger charge is 2.18. The molecule has 0 aliphatic rings. The third-order valence-electron chi connectivity index (χ3n) is 7.26. The van der Waals surface area contributed by atoms with Crippen molar-refractivity contribution in [1.29, 1.82) is 0 Å². The van der Waals surface area contributed by atoms with E-state index in [2.05, 4.69) is 0 Å². The number of carbonyl (C=O) groups is 2. The van der Waals surface area contributed by atoms with Gasteiger partial charge in [0.25, 0.3) is 5.24 Å². The molecule has 57 heavy (non-hydrogen) atoms. The number of halogens is 8. The summed E-state index contributed by atoms with van der Waals surface area (Å²) in [6.45, 7) is 0. The van der Waals surface area contributed by atoms with Gasteiger partial charge in [0.15, 0.2) is 5.78 Å². The molecule has 6 aromatic carbocycles. The van der Waals surface area contributed by atoms with Crippen LogP contribution in [-0.4, -0.2) is 39.2 Å². The summed E-state index contributed by atoms with van der Waals surface area (Å²) in [5.74, 6) is -0.928. The first kappa shape index (κ1) is 48.0. The Labute approximate surface area is 360 Å². The van der Waals surface area contributed by atoms with Crippen LogP contribution in [0.15, 0.2) is 149 Å². The van der Waals surface area contributed by atoms with E-state index in [0.717, 1.165) is 17.7 Å². The first-order valence-electron chi connectivity index (χ1n) is 15.7. The molecule has 0 saturated heterocycles. The number of hydrogen-bond donors (Lipinski definition) is 2. The van der Waals surface area contributed by atoms with Crippen LogP contribution in [0, 0.1) is 11.6 Å². The Morgan fingerprint density at radius 1 is 0.509 bits per heavy atom. The lowest BCUT2D eigenvalue weighted by molar-refractivity contribution is 0.103. The fourth-order valence-electron chi connectivity index (χ4n) is 4.68. The van der Waals surface area contributed by atoms with E-state index in [-0.39, 0.29) is 42.6 Å². The number of nitrogens with two attached hydrogens (primary N) is 2. The van der Waals surface area contributed by atoms with Crippen molar-refractivity contribution in [2.75, 3.05) is 0 Å². The van der Waals surface area contributed by atoms with Crippen LogP contribution in [0.25, 0.3) is 22.3 Å². The average molecular weight is 949 g/mol. The molecule has 19 heteroatoms. The van der Waals surface area contributed by atoms with Gasteiger partial charge in [-0.25, -0.2) is 66.0 Å². The zero-order valence-electron chi connectivity index (χ0n) is 28.8. The van der Waals surface area contributed by atoms with Crippen LogP contribution in [-0.2, 0) is 20.0 Å². The lowest BCUT2D eigenvalue weighted by atomic mass is 9.99. The van der Waals surface area contributed by atoms with E-state index in [1.807, 2.05) is 36.4 Å². The molecule has 0 atom stereocenters. The molecule has 0 aliphatic carbocycles. The fourth-order valence-corrected chi connectivity index (χ4v) is 6.94. The lowest BCUT2D eigenvalue weighted by Crippen LogP contribution is -2.14. The molecule has 0 aromatic heterocycles. The molecule has 4 N–H and O–H groups in total. The van der Waals surface area contributed by atoms with Gasteiger partial charge < -0.3 is 0 Å². The van der Waals surface area contributed by atoms with E-state index in [1.54, 1.807) is 54.6 Å². The van der Waals surface area contributed by atoms with Crippen LogP contribution in [0.5, 0.6) is 0 Å². The van der Waals surface area contributed by atoms with Gasteiger partial charge in [-0.3, -0.25) is 9.59 Å². The second-order valence-corrected chi connectivity index (χ2v) is 21.8. The molecule has 0 saturated carbocycles. The van der Waals surface area contributed by atoms with Crippen molar-refractivity contribution in [3.63, 3.8) is 0 Å². The summed E-state index contributed by atoms with van der Waals surface area (Å²) in [6.07, 6.45) is 0. The fraction of sp³-hybridized carbons (Fsp3) is 0. The highest BCUT2D eigenvalue weighted by Crippen LogP contribution is 2.26. The summed E-state index contributed by atoms with van der Waals surface area (Å²) in [7, 11) is 6.86. The van der Waals surface area contributed by atoms with Crippen molar-refractivity contribution in [1.82, 2.24) is 0 Å². The molecule has 0 amide bonds. The number of ketones is 1. The molecule has 0 radical (unpaired) electrons. The standard InChI is InChI=1S/C19H13ClFNO3S.C12H9F.C7H5Cl2NO3S.Al.3ClH/c20-16-10-9-14(11-18(16)26(22,24)25)19(23)13-7-5-12(6-8-13)15-3-1-2-4-17(15)21;13-12-9-5-4-8-11(12)10-6-2-1-3-7-10;8-5-2-1-4(7(9)11)3-6(5)14(10,12)13;;;;/h1-11H,(H2,22,24,25);1-9H;1-3H,(H2,10,12,13);;3*1H/q;;;+3;;;/p-3. The minimum absolute atomic E-state index is 0.0279. The minimum atomic E-state index is -4.05. The number of rotatable bonds is 7. The van der Waals surface area contributed by atoms with E-state index in [9.17, 15) is 35.2 Å². The molecule has 0 heterocycles. The summed E-state index contributed by atoms with van der Waals surface area (Å²) in [6, 6.07) is 36.5. The Kier molecular flexibility index (Phi) is 18.6. The van der Waals surface area contributed by atoms with Gasteiger partial charge in [0.2, 0.25) is 20.0 Å². The summed E-state index contributed by atoms with van der Waals surface area (Å²) < 4.78 is 72.1. The van der Waals surface area contributed by atoms with Gasteiger partial charge >= 0.3 is 11.4 Å². The quantitative estimate of drug-likeness (QED) is 0.0923. The van der Waals surface area contributed by atoms with E-state index in [0.29, 0.717) is 22.3 Å². The number of sulfonamides is 2. The highest BCUT2D eigenvalue weighted by atomic mass is 35.8. The second-order valence-electron chi connectivity index (χ2n) is 11.1. The van der Waals surface area contributed by atoms with Gasteiger partial charge in [0, 0.05) is 27.8 Å². The van der Waals surface area contributed by atoms with Gasteiger partial charge in [-0.15, -0.1) is 0 Å². The van der Waals surface area contributed by atoms with E-state index < -0.39 is 42.5 Å². The van der Waals surface area contributed by atoms with Gasteiger partial charge in [-0.05, 0) is 71.3 Å². The zero-order chi connectivity index (χ0) is 42.5. The maximum Gasteiger partial charge on any atom is 0.643 e. The maximum atomic E-state index is 13.8. The Hall–Kier alpha value is -3.39. The third kappa shape index (κ3) is 15.1. The highest BCUT2D eigenvalue weighted by molar-refractivity contribution is 7.89. The molecule has 0 bridgehead atoms. The minimum Gasteiger partial charge on any atom is -0.289 e. The van der Waals surface area contributed by atoms with Gasteiger partial charge in [0.1, 0.15) is 21.4 Å². The molecule has 0 spiro atoms. The average Bonchev–Trinajstić information content (AvgIpc) is 3.15. The van der Waals surface area contributed by atoms with Crippen LogP contribution >= 0.6 is 65.0 Å². The van der Waals surface area contributed by atoms with Crippen molar-refractivity contribution in [3.8, 4) is 22.3 Å². The van der Waals surface area contributed by atoms with Gasteiger partial charge in [-0.2, -0.15) is 0 Å². The Morgan fingerprint density at radius 2 is 0.860 bits per heavy atom. The van der Waals surface area contributed by atoms with Crippen LogP contribution in [0.4, 0.5) is 8.78 Å². The number of hydrogen-bond acceptors (Lipinski definition) is 6. The van der Waals surface area contributed by atoms with Crippen molar-refractivity contribution in [3.05, 3.63) is 178 Å². The van der Waals surface area contributed by atoms with E-state index >= 15 is 0 Å². The largest absolute Gasteiger partial charge is 0.643 e. The molecule has 8 nitrogen and oxygen atoms in total. The molecule has 296 valence electrons. The van der Waals surface area contributed by atoms with Crippen molar-refractivity contribution in [2.24, 2.45) is 10.3 Å². The molecule has 0 unspecified atom stereocenters. The number of benzene rings is 6. The molecule has 0 fully saturated rings. The monoisotopic (exact) mass is 946 g/mol. The summed E-state index contributed by atoms with van der Waals surface area (Å²) in [4.78, 5) is 22.7. The molecule has 6 rings (SSSR count). The number of carbonyl (C=O) groups excluding carboxylic acids is 2. The smallest absolute Gasteiger partial charge is 0.289 e. The van der Waals surface area contributed by atoms with Crippen LogP contribution in [0.1, 0.15) is 26.3 Å². The lowest BCUT2D eigenvalue weighted by Gasteiger charge is -2.07. The van der Waals surface area contributed by atoms with Crippen LogP contribution < -0.4 is 10.3 Å². The molecule has 0 aliphatic heterocycles. The van der Waals surface area contributed by atoms with E-state index in [4.69, 9.17) is 75.2 Å². The summed E-state index contributed by atoms with van der Waals surface area (Å²) in [5.41, 5.74) is 3.11. The van der Waals surface area contributed by atoms with E-state index in [1.165, 1.54) is 36.4 Å². The molecular weight excluding hydrogens is 922 g/mol. The Bertz CT molecular complexity index is 2570. The van der Waals surface area contributed by atoms with Crippen molar-refractivity contribution >= 4 is 107 Å². The predicted octanol–water partition coefficient (Wildman–Crippen LogP) is 10.6. The van der Waals surface area contributed by atoms with Crippen molar-refractivity contribution in [2.45, 2.75) is 9.79 Å². The van der Waals surface area contributed by atoms with Gasteiger partial charge in [-0.1, -0.05) is 114 Å². The van der Waals surface area contributed by atoms with Gasteiger partial charge in [0.05, 0.1) is 10.0 Å². The summed E-state index contributed by atoms with van der Waals surface area (Å²) in [5, 5.41) is 9.09. The molecular formula is C38H27AlCl6F2N2O6S2. The first-order chi connectivity index (χ1) is 26.7. The zero-order valence-corrected chi connectivity index (χ0v) is 36.1. The first-order valence-corrected chi connectivity index (χ1v) is 25.1. The normalized spacial score (nSPS) is 10.7. The van der Waals surface area contributed by atoms with Crippen LogP contribution in [0.2, 0.25) is 10.0 Å². The Morgan fingerprint density at radius 3 is 1.26 bits per heavy atom. The van der Waals surface area contributed by atoms with Crippen molar-refractivity contribution < 1.29 is 35.2 Å². The maximum absolute atomic E-state index is 13.8. The summed E-state index contributed by atoms with van der Waals surface area (Å²) >= 11 is 14.8.